The van der Waals surface area contributed by atoms with Crippen molar-refractivity contribution in [2.24, 2.45) is 5.92 Å². The molecule has 0 saturated carbocycles. The Balaban J connectivity index is 1.81. The fourth-order valence-corrected chi connectivity index (χ4v) is 4.01. The third-order valence-electron chi connectivity index (χ3n) is 3.33. The first kappa shape index (κ1) is 15.4. The molecule has 0 radical (unpaired) electrons. The fourth-order valence-electron chi connectivity index (χ4n) is 2.07. The average molecular weight is 312 g/mol. The molecule has 1 N–H and O–H groups in total. The monoisotopic (exact) mass is 312 g/mol. The second-order valence-electron chi connectivity index (χ2n) is 5.15. The van der Waals surface area contributed by atoms with E-state index in [1.165, 1.54) is 11.3 Å². The Labute approximate surface area is 127 Å². The molecule has 2 heterocycles. The number of amides is 2. The van der Waals surface area contributed by atoms with Gasteiger partial charge in [-0.15, -0.1) is 11.3 Å². The van der Waals surface area contributed by atoms with E-state index in [-0.39, 0.29) is 18.4 Å². The van der Waals surface area contributed by atoms with Crippen molar-refractivity contribution in [2.75, 3.05) is 25.4 Å². The van der Waals surface area contributed by atoms with Gasteiger partial charge in [0.15, 0.2) is 0 Å². The zero-order valence-electron chi connectivity index (χ0n) is 11.8. The van der Waals surface area contributed by atoms with Gasteiger partial charge in [-0.1, -0.05) is 19.9 Å². The van der Waals surface area contributed by atoms with E-state index in [1.54, 1.807) is 6.07 Å². The van der Waals surface area contributed by atoms with Gasteiger partial charge in [-0.25, -0.2) is 0 Å². The summed E-state index contributed by atoms with van der Waals surface area (Å²) in [4.78, 5) is 26.5. The summed E-state index contributed by atoms with van der Waals surface area (Å²) < 4.78 is 0. The van der Waals surface area contributed by atoms with E-state index in [4.69, 9.17) is 0 Å². The molecular formula is C14H20N2O2S2. The lowest BCUT2D eigenvalue weighted by atomic mass is 10.1. The normalized spacial score (nSPS) is 19.1. The molecule has 1 saturated heterocycles. The fraction of sp³-hybridized carbons (Fsp3) is 0.571. The summed E-state index contributed by atoms with van der Waals surface area (Å²) in [5.41, 5.74) is 0. The van der Waals surface area contributed by atoms with Gasteiger partial charge in [0, 0.05) is 24.1 Å². The molecule has 1 aliphatic rings. The first-order chi connectivity index (χ1) is 9.58. The van der Waals surface area contributed by atoms with Crippen molar-refractivity contribution in [3.63, 3.8) is 0 Å². The van der Waals surface area contributed by atoms with Crippen LogP contribution in [-0.2, 0) is 4.79 Å². The van der Waals surface area contributed by atoms with E-state index in [2.05, 4.69) is 19.2 Å². The number of thioether (sulfide) groups is 1. The highest BCUT2D eigenvalue weighted by Gasteiger charge is 2.26. The summed E-state index contributed by atoms with van der Waals surface area (Å²) in [7, 11) is 0. The summed E-state index contributed by atoms with van der Waals surface area (Å²) in [6.07, 6.45) is 0. The molecule has 6 heteroatoms. The number of rotatable bonds is 4. The lowest BCUT2D eigenvalue weighted by Crippen LogP contribution is -2.47. The van der Waals surface area contributed by atoms with Crippen LogP contribution < -0.4 is 5.32 Å². The van der Waals surface area contributed by atoms with Gasteiger partial charge in [0.1, 0.15) is 0 Å². The van der Waals surface area contributed by atoms with Crippen LogP contribution in [0.15, 0.2) is 17.5 Å². The first-order valence-electron chi connectivity index (χ1n) is 6.79. The molecule has 2 amide bonds. The highest BCUT2D eigenvalue weighted by Crippen LogP contribution is 2.24. The molecular weight excluding hydrogens is 292 g/mol. The summed E-state index contributed by atoms with van der Waals surface area (Å²) in [5, 5.41) is 5.05. The zero-order valence-corrected chi connectivity index (χ0v) is 13.4. The summed E-state index contributed by atoms with van der Waals surface area (Å²) >= 11 is 3.32. The Morgan fingerprint density at radius 3 is 2.95 bits per heavy atom. The quantitative estimate of drug-likeness (QED) is 0.926. The van der Waals surface area contributed by atoms with E-state index in [9.17, 15) is 9.59 Å². The topological polar surface area (TPSA) is 49.4 Å². The average Bonchev–Trinajstić information content (AvgIpc) is 2.98. The highest BCUT2D eigenvalue weighted by molar-refractivity contribution is 8.00. The van der Waals surface area contributed by atoms with Gasteiger partial charge in [0.2, 0.25) is 5.91 Å². The molecule has 1 atom stereocenters. The first-order valence-corrected chi connectivity index (χ1v) is 8.72. The van der Waals surface area contributed by atoms with Crippen LogP contribution in [0.25, 0.3) is 0 Å². The smallest absolute Gasteiger partial charge is 0.261 e. The maximum absolute atomic E-state index is 12.1. The molecule has 2 rings (SSSR count). The van der Waals surface area contributed by atoms with Gasteiger partial charge in [-0.2, -0.15) is 11.8 Å². The maximum atomic E-state index is 12.1. The Morgan fingerprint density at radius 2 is 2.30 bits per heavy atom. The maximum Gasteiger partial charge on any atom is 0.261 e. The molecule has 1 unspecified atom stereocenters. The number of carbonyl (C=O) groups is 2. The van der Waals surface area contributed by atoms with Crippen molar-refractivity contribution in [3.8, 4) is 0 Å². The van der Waals surface area contributed by atoms with Crippen molar-refractivity contribution >= 4 is 34.9 Å². The minimum absolute atomic E-state index is 0.0147. The SMILES string of the molecule is CC(C)C1CN(C(=O)CNC(=O)c2cccs2)CCS1. The number of hydrogen-bond acceptors (Lipinski definition) is 4. The second kappa shape index (κ2) is 7.13. The van der Waals surface area contributed by atoms with Gasteiger partial charge in [0.25, 0.3) is 5.91 Å². The Kier molecular flexibility index (Phi) is 5.48. The van der Waals surface area contributed by atoms with Gasteiger partial charge in [-0.3, -0.25) is 9.59 Å². The standard InChI is InChI=1S/C14H20N2O2S2/c1-10(2)12-9-16(5-7-20-12)13(17)8-15-14(18)11-4-3-6-19-11/h3-4,6,10,12H,5,7-9H2,1-2H3,(H,15,18). The van der Waals surface area contributed by atoms with E-state index in [0.29, 0.717) is 16.0 Å². The van der Waals surface area contributed by atoms with Gasteiger partial charge in [-0.05, 0) is 17.4 Å². The van der Waals surface area contributed by atoms with Crippen molar-refractivity contribution < 1.29 is 9.59 Å². The van der Waals surface area contributed by atoms with Crippen molar-refractivity contribution in [3.05, 3.63) is 22.4 Å². The Morgan fingerprint density at radius 1 is 1.50 bits per heavy atom. The molecule has 20 heavy (non-hydrogen) atoms. The predicted molar refractivity (Wildman–Crippen MR) is 84.3 cm³/mol. The van der Waals surface area contributed by atoms with Gasteiger partial charge < -0.3 is 10.2 Å². The van der Waals surface area contributed by atoms with E-state index in [0.717, 1.165) is 18.8 Å². The minimum atomic E-state index is -0.167. The van der Waals surface area contributed by atoms with Gasteiger partial charge in [0.05, 0.1) is 11.4 Å². The van der Waals surface area contributed by atoms with Crippen LogP contribution in [0.2, 0.25) is 0 Å². The molecule has 1 aliphatic heterocycles. The molecule has 0 aliphatic carbocycles. The summed E-state index contributed by atoms with van der Waals surface area (Å²) in [6, 6.07) is 3.59. The van der Waals surface area contributed by atoms with Crippen LogP contribution in [0.4, 0.5) is 0 Å². The van der Waals surface area contributed by atoms with Crippen LogP contribution in [0.5, 0.6) is 0 Å². The van der Waals surface area contributed by atoms with Crippen LogP contribution in [-0.4, -0.2) is 47.4 Å². The lowest BCUT2D eigenvalue weighted by molar-refractivity contribution is -0.130. The van der Waals surface area contributed by atoms with Crippen LogP contribution in [0.3, 0.4) is 0 Å². The molecule has 110 valence electrons. The third kappa shape index (κ3) is 3.99. The molecule has 1 fully saturated rings. The third-order valence-corrected chi connectivity index (χ3v) is 5.74. The predicted octanol–water partition coefficient (Wildman–Crippen LogP) is 2.08. The second-order valence-corrected chi connectivity index (χ2v) is 7.45. The van der Waals surface area contributed by atoms with Crippen molar-refractivity contribution in [1.29, 1.82) is 0 Å². The van der Waals surface area contributed by atoms with Crippen molar-refractivity contribution in [1.82, 2.24) is 10.2 Å². The van der Waals surface area contributed by atoms with Gasteiger partial charge >= 0.3 is 0 Å². The van der Waals surface area contributed by atoms with Crippen LogP contribution in [0.1, 0.15) is 23.5 Å². The zero-order chi connectivity index (χ0) is 14.5. The molecule has 0 aromatic carbocycles. The molecule has 0 spiro atoms. The molecule has 4 nitrogen and oxygen atoms in total. The minimum Gasteiger partial charge on any atom is -0.342 e. The largest absolute Gasteiger partial charge is 0.342 e. The molecule has 1 aromatic rings. The van der Waals surface area contributed by atoms with Crippen molar-refractivity contribution in [2.45, 2.75) is 19.1 Å². The number of carbonyl (C=O) groups excluding carboxylic acids is 2. The summed E-state index contributed by atoms with van der Waals surface area (Å²) in [6.45, 7) is 6.03. The Bertz CT molecular complexity index is 460. The van der Waals surface area contributed by atoms with Crippen LogP contribution in [0, 0.1) is 5.92 Å². The number of thiophene rings is 1. The highest BCUT2D eigenvalue weighted by atomic mass is 32.2. The van der Waals surface area contributed by atoms with E-state index >= 15 is 0 Å². The lowest BCUT2D eigenvalue weighted by Gasteiger charge is -2.34. The Hall–Kier alpha value is -1.01. The number of hydrogen-bond donors (Lipinski definition) is 1. The van der Waals surface area contributed by atoms with Crippen LogP contribution >= 0.6 is 23.1 Å². The van der Waals surface area contributed by atoms with E-state index in [1.807, 2.05) is 28.1 Å². The molecule has 0 bridgehead atoms. The number of nitrogens with zero attached hydrogens (tertiary/aromatic N) is 1. The summed E-state index contributed by atoms with van der Waals surface area (Å²) in [5.74, 6) is 1.39. The molecule has 1 aromatic heterocycles. The van der Waals surface area contributed by atoms with E-state index < -0.39 is 0 Å². The number of nitrogens with one attached hydrogen (secondary N) is 1.